The summed E-state index contributed by atoms with van der Waals surface area (Å²) in [5.74, 6) is -1.81. The van der Waals surface area contributed by atoms with Gasteiger partial charge in [-0.3, -0.25) is 0 Å². The fourth-order valence-corrected chi connectivity index (χ4v) is 3.22. The minimum absolute atomic E-state index is 0.0554. The molecule has 0 saturated carbocycles. The molecule has 0 radical (unpaired) electrons. The van der Waals surface area contributed by atoms with Gasteiger partial charge in [-0.2, -0.15) is 0 Å². The fraction of sp³-hybridized carbons (Fsp3) is 0.333. The first-order valence-electron chi connectivity index (χ1n) is 9.56. The highest BCUT2D eigenvalue weighted by atomic mass is 19.1. The van der Waals surface area contributed by atoms with Crippen LogP contribution in [0.1, 0.15) is 13.8 Å². The number of fused-ring (bicyclic) bond motifs is 1. The van der Waals surface area contributed by atoms with E-state index in [4.69, 9.17) is 9.47 Å². The Morgan fingerprint density at radius 2 is 2.07 bits per heavy atom. The molecule has 30 heavy (non-hydrogen) atoms. The average molecular weight is 416 g/mol. The summed E-state index contributed by atoms with van der Waals surface area (Å²) in [6.07, 6.45) is 3.15. The van der Waals surface area contributed by atoms with Gasteiger partial charge in [0.25, 0.3) is 6.02 Å². The van der Waals surface area contributed by atoms with Crippen LogP contribution in [0.4, 0.5) is 14.5 Å². The Labute approximate surface area is 171 Å². The maximum atomic E-state index is 14.6. The first-order chi connectivity index (χ1) is 14.4. The number of rotatable bonds is 5. The number of nitrogens with one attached hydrogen (secondary N) is 2. The molecule has 2 aromatic heterocycles. The lowest BCUT2D eigenvalue weighted by atomic mass is 9.78. The number of aliphatic hydroxyl groups is 1. The second-order valence-corrected chi connectivity index (χ2v) is 7.63. The highest BCUT2D eigenvalue weighted by Gasteiger charge is 2.37. The van der Waals surface area contributed by atoms with E-state index >= 15 is 0 Å². The molecule has 1 atom stereocenters. The first kappa shape index (κ1) is 20.1. The molecule has 0 amide bonds. The highest BCUT2D eigenvalue weighted by Crippen LogP contribution is 2.34. The minimum atomic E-state index is -0.874. The number of hydrogen-bond acceptors (Lipinski definition) is 6. The number of hydrogen-bond donors (Lipinski definition) is 3. The van der Waals surface area contributed by atoms with E-state index in [0.717, 1.165) is 12.1 Å². The molecule has 1 aromatic carbocycles. The van der Waals surface area contributed by atoms with Crippen molar-refractivity contribution in [2.75, 3.05) is 25.1 Å². The number of pyridine rings is 1. The van der Waals surface area contributed by atoms with Crippen LogP contribution in [-0.4, -0.2) is 40.9 Å². The molecule has 1 aliphatic rings. The molecule has 3 N–H and O–H groups in total. The molecule has 0 aliphatic carbocycles. The van der Waals surface area contributed by atoms with Gasteiger partial charge < -0.3 is 24.9 Å². The van der Waals surface area contributed by atoms with Crippen molar-refractivity contribution in [2.45, 2.75) is 13.8 Å². The van der Waals surface area contributed by atoms with Gasteiger partial charge in [0, 0.05) is 35.6 Å². The second kappa shape index (κ2) is 7.91. The number of aromatic amines is 1. The van der Waals surface area contributed by atoms with Gasteiger partial charge in [0.15, 0.2) is 17.4 Å². The van der Waals surface area contributed by atoms with Crippen LogP contribution in [0.5, 0.6) is 11.5 Å². The van der Waals surface area contributed by atoms with Crippen LogP contribution in [0.15, 0.2) is 41.7 Å². The highest BCUT2D eigenvalue weighted by molar-refractivity contribution is 5.89. The summed E-state index contributed by atoms with van der Waals surface area (Å²) in [6.45, 7) is 4.53. The van der Waals surface area contributed by atoms with Crippen molar-refractivity contribution >= 4 is 22.7 Å². The van der Waals surface area contributed by atoms with Crippen LogP contribution >= 0.6 is 0 Å². The summed E-state index contributed by atoms with van der Waals surface area (Å²) in [6, 6.07) is 5.61. The molecule has 0 fully saturated rings. The fourth-order valence-electron chi connectivity index (χ4n) is 3.22. The van der Waals surface area contributed by atoms with Crippen LogP contribution in [-0.2, 0) is 4.74 Å². The third-order valence-electron chi connectivity index (χ3n) is 5.46. The lowest BCUT2D eigenvalue weighted by Gasteiger charge is -2.37. The van der Waals surface area contributed by atoms with Gasteiger partial charge in [-0.15, -0.1) is 0 Å². The van der Waals surface area contributed by atoms with Crippen molar-refractivity contribution in [3.8, 4) is 11.5 Å². The maximum absolute atomic E-state index is 14.6. The Morgan fingerprint density at radius 3 is 2.70 bits per heavy atom. The molecule has 158 valence electrons. The summed E-state index contributed by atoms with van der Waals surface area (Å²) in [5.41, 5.74) is 0.228. The zero-order valence-corrected chi connectivity index (χ0v) is 16.6. The van der Waals surface area contributed by atoms with E-state index in [-0.39, 0.29) is 36.6 Å². The van der Waals surface area contributed by atoms with E-state index in [1.54, 1.807) is 12.3 Å². The van der Waals surface area contributed by atoms with Crippen LogP contribution in [0.2, 0.25) is 0 Å². The van der Waals surface area contributed by atoms with Gasteiger partial charge in [0.1, 0.15) is 18.0 Å². The Balaban J connectivity index is 1.53. The summed E-state index contributed by atoms with van der Waals surface area (Å²) >= 11 is 0. The molecule has 3 heterocycles. The standard InChI is InChI=1S/C21H22F2N4O3/c1-12(2)21(10-28)9-26-20(29-11-21)27-13-7-15(22)18(16(23)8-13)30-17-4-6-25-19-14(17)3-5-24-19/h3-8,12,28H,9-11H2,1-2H3,(H,24,25)(H,26,27)/t21-/m0/s1. The van der Waals surface area contributed by atoms with E-state index in [1.807, 2.05) is 13.8 Å². The number of amidine groups is 1. The maximum Gasteiger partial charge on any atom is 0.289 e. The quantitative estimate of drug-likeness (QED) is 0.583. The molecular formula is C21H22F2N4O3. The number of H-pyrrole nitrogens is 1. The topological polar surface area (TPSA) is 91.8 Å². The van der Waals surface area contributed by atoms with Gasteiger partial charge in [0.05, 0.1) is 18.5 Å². The van der Waals surface area contributed by atoms with Gasteiger partial charge >= 0.3 is 0 Å². The van der Waals surface area contributed by atoms with E-state index in [2.05, 4.69) is 20.3 Å². The third-order valence-corrected chi connectivity index (χ3v) is 5.46. The molecule has 4 rings (SSSR count). The first-order valence-corrected chi connectivity index (χ1v) is 9.56. The molecule has 3 aromatic rings. The predicted molar refractivity (Wildman–Crippen MR) is 109 cm³/mol. The Morgan fingerprint density at radius 1 is 1.30 bits per heavy atom. The zero-order valence-electron chi connectivity index (χ0n) is 16.6. The smallest absolute Gasteiger partial charge is 0.289 e. The molecule has 0 saturated heterocycles. The van der Waals surface area contributed by atoms with Crippen LogP contribution in [0.3, 0.4) is 0 Å². The van der Waals surface area contributed by atoms with E-state index in [9.17, 15) is 13.9 Å². The molecule has 9 heteroatoms. The molecule has 0 spiro atoms. The third kappa shape index (κ3) is 3.68. The Kier molecular flexibility index (Phi) is 5.29. The van der Waals surface area contributed by atoms with E-state index in [1.165, 1.54) is 12.3 Å². The second-order valence-electron chi connectivity index (χ2n) is 7.63. The van der Waals surface area contributed by atoms with Crippen LogP contribution in [0, 0.1) is 23.0 Å². The summed E-state index contributed by atoms with van der Waals surface area (Å²) in [7, 11) is 0. The average Bonchev–Trinajstić information content (AvgIpc) is 3.21. The number of aliphatic imine (C=N–C) groups is 1. The number of benzene rings is 1. The molecule has 0 unspecified atom stereocenters. The molecule has 0 bridgehead atoms. The summed E-state index contributed by atoms with van der Waals surface area (Å²) in [4.78, 5) is 11.3. The van der Waals surface area contributed by atoms with Gasteiger partial charge in [-0.25, -0.2) is 18.8 Å². The van der Waals surface area contributed by atoms with Gasteiger partial charge in [-0.1, -0.05) is 13.8 Å². The SMILES string of the molecule is CC(C)[C@]1(CO)CN=C(Nc2cc(F)c(Oc3ccnc4[nH]ccc34)c(F)c2)OC1. The van der Waals surface area contributed by atoms with Crippen LogP contribution in [0.25, 0.3) is 11.0 Å². The van der Waals surface area contributed by atoms with Crippen molar-refractivity contribution < 1.29 is 23.4 Å². The lowest BCUT2D eigenvalue weighted by Crippen LogP contribution is -2.44. The number of ether oxygens (including phenoxy) is 2. The predicted octanol–water partition coefficient (Wildman–Crippen LogP) is 4.07. The van der Waals surface area contributed by atoms with E-state index in [0.29, 0.717) is 17.6 Å². The Hall–Kier alpha value is -3.20. The number of aliphatic hydroxyl groups excluding tert-OH is 1. The van der Waals surface area contributed by atoms with Crippen molar-refractivity contribution in [3.05, 3.63) is 48.3 Å². The number of anilines is 1. The van der Waals surface area contributed by atoms with Gasteiger partial charge in [-0.05, 0) is 18.1 Å². The number of aromatic nitrogens is 2. The molecular weight excluding hydrogens is 394 g/mol. The van der Waals surface area contributed by atoms with Crippen LogP contribution < -0.4 is 10.1 Å². The minimum Gasteiger partial charge on any atom is -0.464 e. The molecule has 1 aliphatic heterocycles. The van der Waals surface area contributed by atoms with Gasteiger partial charge in [0.2, 0.25) is 0 Å². The zero-order chi connectivity index (χ0) is 21.3. The normalized spacial score (nSPS) is 18.9. The van der Waals surface area contributed by atoms with Crippen molar-refractivity contribution in [3.63, 3.8) is 0 Å². The lowest BCUT2D eigenvalue weighted by molar-refractivity contribution is 0.0180. The summed E-state index contributed by atoms with van der Waals surface area (Å²) < 4.78 is 40.3. The van der Waals surface area contributed by atoms with E-state index < -0.39 is 22.8 Å². The van der Waals surface area contributed by atoms with Crippen molar-refractivity contribution in [1.82, 2.24) is 9.97 Å². The van der Waals surface area contributed by atoms with Crippen molar-refractivity contribution in [2.24, 2.45) is 16.3 Å². The molecule has 7 nitrogen and oxygen atoms in total. The van der Waals surface area contributed by atoms with Crippen molar-refractivity contribution in [1.29, 1.82) is 0 Å². The number of nitrogens with zero attached hydrogens (tertiary/aromatic N) is 2. The Bertz CT molecular complexity index is 1080. The monoisotopic (exact) mass is 416 g/mol. The summed E-state index contributed by atoms with van der Waals surface area (Å²) in [5, 5.41) is 13.1. The largest absolute Gasteiger partial charge is 0.464 e. The number of halogens is 2.